The molecule has 32 heavy (non-hydrogen) atoms. The van der Waals surface area contributed by atoms with E-state index < -0.39 is 29.3 Å². The van der Waals surface area contributed by atoms with Gasteiger partial charge in [0.05, 0.1) is 19.9 Å². The maximum absolute atomic E-state index is 13.9. The minimum atomic E-state index is -4.91. The molecule has 2 aromatic carbocycles. The standard InChI is InChI=1S/C21H18F4N4O3/c1-31-16-9-12-7-8-28(11-13(12)10-17(16)32-2)20(30)18-19(21(23,24)25)29(27-26-18)15-5-3-14(22)4-6-15/h3-6,9-10H,7-8,11H2,1-2H3. The maximum atomic E-state index is 13.9. The van der Waals surface area contributed by atoms with Crippen LogP contribution in [0.3, 0.4) is 0 Å². The van der Waals surface area contributed by atoms with Crippen molar-refractivity contribution in [3.05, 3.63) is 64.7 Å². The average Bonchev–Trinajstić information content (AvgIpc) is 3.23. The monoisotopic (exact) mass is 450 g/mol. The summed E-state index contributed by atoms with van der Waals surface area (Å²) in [6.07, 6.45) is -4.48. The molecule has 0 radical (unpaired) electrons. The van der Waals surface area contributed by atoms with Gasteiger partial charge in [0.15, 0.2) is 22.9 Å². The van der Waals surface area contributed by atoms with Crippen molar-refractivity contribution in [3.8, 4) is 17.2 Å². The van der Waals surface area contributed by atoms with Gasteiger partial charge < -0.3 is 14.4 Å². The van der Waals surface area contributed by atoms with E-state index in [9.17, 15) is 22.4 Å². The number of alkyl halides is 3. The van der Waals surface area contributed by atoms with Crippen LogP contribution in [-0.2, 0) is 19.1 Å². The van der Waals surface area contributed by atoms with Gasteiger partial charge in [-0.2, -0.15) is 13.2 Å². The second kappa shape index (κ2) is 8.13. The van der Waals surface area contributed by atoms with Crippen molar-refractivity contribution >= 4 is 5.91 Å². The average molecular weight is 450 g/mol. The lowest BCUT2D eigenvalue weighted by molar-refractivity contribution is -0.143. The van der Waals surface area contributed by atoms with Crippen LogP contribution in [0.15, 0.2) is 36.4 Å². The zero-order chi connectivity index (χ0) is 23.0. The molecule has 0 unspecified atom stereocenters. The second-order valence-electron chi connectivity index (χ2n) is 7.13. The van der Waals surface area contributed by atoms with Crippen LogP contribution in [0.2, 0.25) is 0 Å². The topological polar surface area (TPSA) is 69.5 Å². The van der Waals surface area contributed by atoms with Gasteiger partial charge in [0.1, 0.15) is 5.82 Å². The molecule has 0 saturated heterocycles. The van der Waals surface area contributed by atoms with Crippen LogP contribution >= 0.6 is 0 Å². The Hall–Kier alpha value is -3.63. The third-order valence-corrected chi connectivity index (χ3v) is 5.22. The highest BCUT2D eigenvalue weighted by atomic mass is 19.4. The number of hydrogen-bond acceptors (Lipinski definition) is 5. The highest BCUT2D eigenvalue weighted by Gasteiger charge is 2.43. The first-order valence-corrected chi connectivity index (χ1v) is 9.54. The third-order valence-electron chi connectivity index (χ3n) is 5.22. The summed E-state index contributed by atoms with van der Waals surface area (Å²) in [5.41, 5.74) is -0.538. The molecule has 0 aliphatic carbocycles. The second-order valence-corrected chi connectivity index (χ2v) is 7.13. The number of fused-ring (bicyclic) bond motifs is 1. The third kappa shape index (κ3) is 3.85. The molecule has 0 bridgehead atoms. The zero-order valence-electron chi connectivity index (χ0n) is 17.1. The first kappa shape index (κ1) is 21.6. The van der Waals surface area contributed by atoms with Gasteiger partial charge in [-0.05, 0) is 53.9 Å². The molecular formula is C21H18F4N4O3. The Bertz CT molecular complexity index is 1160. The molecule has 7 nitrogen and oxygen atoms in total. The van der Waals surface area contributed by atoms with Crippen molar-refractivity contribution in [2.45, 2.75) is 19.1 Å². The van der Waals surface area contributed by atoms with Crippen molar-refractivity contribution in [2.24, 2.45) is 0 Å². The van der Waals surface area contributed by atoms with Crippen molar-refractivity contribution in [3.63, 3.8) is 0 Å². The van der Waals surface area contributed by atoms with Crippen molar-refractivity contribution in [1.82, 2.24) is 19.9 Å². The highest BCUT2D eigenvalue weighted by molar-refractivity contribution is 5.93. The first-order valence-electron chi connectivity index (χ1n) is 9.54. The van der Waals surface area contributed by atoms with E-state index in [2.05, 4.69) is 10.3 Å². The van der Waals surface area contributed by atoms with Gasteiger partial charge in [0, 0.05) is 13.1 Å². The molecular weight excluding hydrogens is 432 g/mol. The molecule has 11 heteroatoms. The van der Waals surface area contributed by atoms with E-state index in [4.69, 9.17) is 9.47 Å². The number of carbonyl (C=O) groups is 1. The van der Waals surface area contributed by atoms with E-state index in [0.717, 1.165) is 35.4 Å². The number of halogens is 4. The van der Waals surface area contributed by atoms with Crippen LogP contribution in [-0.4, -0.2) is 46.6 Å². The SMILES string of the molecule is COc1cc2c(cc1OC)CN(C(=O)c1nnn(-c3ccc(F)cc3)c1C(F)(F)F)CC2. The fraction of sp³-hybridized carbons (Fsp3) is 0.286. The number of aromatic nitrogens is 3. The fourth-order valence-electron chi connectivity index (χ4n) is 3.65. The molecule has 3 aromatic rings. The summed E-state index contributed by atoms with van der Waals surface area (Å²) in [6.45, 7) is 0.275. The number of methoxy groups -OCH3 is 2. The van der Waals surface area contributed by atoms with Crippen LogP contribution in [0, 0.1) is 5.82 Å². The van der Waals surface area contributed by atoms with Gasteiger partial charge in [-0.15, -0.1) is 5.10 Å². The normalized spacial score (nSPS) is 13.6. The highest BCUT2D eigenvalue weighted by Crippen LogP contribution is 2.36. The molecule has 0 fully saturated rings. The predicted octanol–water partition coefficient (Wildman–Crippen LogP) is 3.64. The van der Waals surface area contributed by atoms with Crippen LogP contribution < -0.4 is 9.47 Å². The van der Waals surface area contributed by atoms with Gasteiger partial charge in [0.25, 0.3) is 5.91 Å². The van der Waals surface area contributed by atoms with E-state index in [1.807, 2.05) is 0 Å². The number of hydrogen-bond donors (Lipinski definition) is 0. The van der Waals surface area contributed by atoms with Gasteiger partial charge in [0.2, 0.25) is 0 Å². The van der Waals surface area contributed by atoms with Crippen LogP contribution in [0.25, 0.3) is 5.69 Å². The molecule has 168 valence electrons. The summed E-state index contributed by atoms with van der Waals surface area (Å²) < 4.78 is 65.9. The first-order chi connectivity index (χ1) is 15.2. The maximum Gasteiger partial charge on any atom is 0.435 e. The van der Waals surface area contributed by atoms with Crippen LogP contribution in [0.5, 0.6) is 11.5 Å². The quantitative estimate of drug-likeness (QED) is 0.568. The van der Waals surface area contributed by atoms with Crippen LogP contribution in [0.4, 0.5) is 17.6 Å². The van der Waals surface area contributed by atoms with Crippen LogP contribution in [0.1, 0.15) is 27.3 Å². The number of carbonyl (C=O) groups excluding carboxylic acids is 1. The number of amides is 1. The molecule has 0 spiro atoms. The predicted molar refractivity (Wildman–Crippen MR) is 104 cm³/mol. The van der Waals surface area contributed by atoms with Crippen molar-refractivity contribution in [1.29, 1.82) is 0 Å². The molecule has 4 rings (SSSR count). The Morgan fingerprint density at radius 2 is 1.66 bits per heavy atom. The van der Waals surface area contributed by atoms with Crippen molar-refractivity contribution < 1.29 is 31.8 Å². The summed E-state index contributed by atoms with van der Waals surface area (Å²) in [5, 5.41) is 7.07. The summed E-state index contributed by atoms with van der Waals surface area (Å²) in [6, 6.07) is 7.76. The lowest BCUT2D eigenvalue weighted by Crippen LogP contribution is -2.37. The summed E-state index contributed by atoms with van der Waals surface area (Å²) >= 11 is 0. The van der Waals surface area contributed by atoms with E-state index in [1.165, 1.54) is 19.1 Å². The van der Waals surface area contributed by atoms with Gasteiger partial charge >= 0.3 is 6.18 Å². The number of ether oxygens (including phenoxy) is 2. The Kier molecular flexibility index (Phi) is 5.49. The minimum Gasteiger partial charge on any atom is -0.493 e. The fourth-order valence-corrected chi connectivity index (χ4v) is 3.65. The molecule has 0 N–H and O–H groups in total. The molecule has 1 aromatic heterocycles. The molecule has 0 saturated carbocycles. The molecule has 2 heterocycles. The summed E-state index contributed by atoms with van der Waals surface area (Å²) in [5.74, 6) is -0.518. The zero-order valence-corrected chi connectivity index (χ0v) is 17.1. The lowest BCUT2D eigenvalue weighted by atomic mass is 9.98. The summed E-state index contributed by atoms with van der Waals surface area (Å²) in [7, 11) is 2.98. The Labute approximate surface area is 180 Å². The number of nitrogens with zero attached hydrogens (tertiary/aromatic N) is 4. The van der Waals surface area contributed by atoms with E-state index in [1.54, 1.807) is 12.1 Å². The lowest BCUT2D eigenvalue weighted by Gasteiger charge is -2.29. The summed E-state index contributed by atoms with van der Waals surface area (Å²) in [4.78, 5) is 14.3. The minimum absolute atomic E-state index is 0.0638. The van der Waals surface area contributed by atoms with Gasteiger partial charge in [-0.1, -0.05) is 5.21 Å². The largest absolute Gasteiger partial charge is 0.493 e. The Morgan fingerprint density at radius 1 is 1.03 bits per heavy atom. The Balaban J connectivity index is 1.69. The van der Waals surface area contributed by atoms with E-state index >= 15 is 0 Å². The van der Waals surface area contributed by atoms with Gasteiger partial charge in [-0.3, -0.25) is 4.79 Å². The number of benzene rings is 2. The van der Waals surface area contributed by atoms with Crippen molar-refractivity contribution in [2.75, 3.05) is 20.8 Å². The van der Waals surface area contributed by atoms with Gasteiger partial charge in [-0.25, -0.2) is 9.07 Å². The number of rotatable bonds is 4. The van der Waals surface area contributed by atoms with E-state index in [-0.39, 0.29) is 18.8 Å². The Morgan fingerprint density at radius 3 is 2.25 bits per heavy atom. The molecule has 1 amide bonds. The molecule has 1 aliphatic heterocycles. The molecule has 0 atom stereocenters. The smallest absolute Gasteiger partial charge is 0.435 e. The van der Waals surface area contributed by atoms with E-state index in [0.29, 0.717) is 22.6 Å². The molecule has 1 aliphatic rings.